The minimum atomic E-state index is -0.489. The van der Waals surface area contributed by atoms with Gasteiger partial charge in [-0.2, -0.15) is 0 Å². The summed E-state index contributed by atoms with van der Waals surface area (Å²) in [4.78, 5) is 6.51. The lowest BCUT2D eigenvalue weighted by molar-refractivity contribution is 0.175. The number of hydrogen-bond donors (Lipinski definition) is 1. The van der Waals surface area contributed by atoms with Gasteiger partial charge in [-0.25, -0.2) is 4.98 Å². The predicted octanol–water partition coefficient (Wildman–Crippen LogP) is 1.69. The van der Waals surface area contributed by atoms with Crippen molar-refractivity contribution in [3.8, 4) is 0 Å². The van der Waals surface area contributed by atoms with Gasteiger partial charge in [0.1, 0.15) is 5.82 Å². The number of aryl methyl sites for hydroxylation is 1. The third-order valence-corrected chi connectivity index (χ3v) is 3.91. The van der Waals surface area contributed by atoms with Crippen LogP contribution in [0.5, 0.6) is 0 Å². The normalized spacial score (nSPS) is 15.6. The van der Waals surface area contributed by atoms with E-state index in [1.807, 2.05) is 23.9 Å². The predicted molar refractivity (Wildman–Crippen MR) is 75.3 cm³/mol. The zero-order chi connectivity index (χ0) is 13.4. The zero-order valence-electron chi connectivity index (χ0n) is 11.4. The van der Waals surface area contributed by atoms with Crippen molar-refractivity contribution in [1.29, 1.82) is 0 Å². The van der Waals surface area contributed by atoms with Gasteiger partial charge in [0.25, 0.3) is 0 Å². The van der Waals surface area contributed by atoms with Crippen molar-refractivity contribution >= 4 is 5.69 Å². The van der Waals surface area contributed by atoms with E-state index in [0.717, 1.165) is 24.4 Å². The number of fused-ring (bicyclic) bond motifs is 1. The monoisotopic (exact) mass is 257 g/mol. The Balaban J connectivity index is 1.81. The second-order valence-corrected chi connectivity index (χ2v) is 5.23. The molecule has 2 heterocycles. The van der Waals surface area contributed by atoms with E-state index in [0.29, 0.717) is 6.42 Å². The fourth-order valence-electron chi connectivity index (χ4n) is 2.68. The van der Waals surface area contributed by atoms with Gasteiger partial charge in [0, 0.05) is 45.1 Å². The molecule has 0 bridgehead atoms. The molecule has 0 fully saturated rings. The lowest BCUT2D eigenvalue weighted by Crippen LogP contribution is -2.12. The second kappa shape index (κ2) is 4.70. The van der Waals surface area contributed by atoms with Crippen LogP contribution in [0.25, 0.3) is 0 Å². The maximum absolute atomic E-state index is 10.3. The van der Waals surface area contributed by atoms with E-state index in [4.69, 9.17) is 0 Å². The first-order chi connectivity index (χ1) is 9.15. The highest BCUT2D eigenvalue weighted by atomic mass is 16.3. The number of aliphatic hydroxyl groups excluding tert-OH is 1. The van der Waals surface area contributed by atoms with Gasteiger partial charge in [0.15, 0.2) is 0 Å². The van der Waals surface area contributed by atoms with E-state index in [9.17, 15) is 5.11 Å². The zero-order valence-corrected chi connectivity index (χ0v) is 11.4. The average Bonchev–Trinajstić information content (AvgIpc) is 2.97. The fraction of sp³-hybridized carbons (Fsp3) is 0.400. The van der Waals surface area contributed by atoms with Crippen LogP contribution in [0.1, 0.15) is 23.1 Å². The largest absolute Gasteiger partial charge is 0.388 e. The highest BCUT2D eigenvalue weighted by Gasteiger charge is 2.18. The summed E-state index contributed by atoms with van der Waals surface area (Å²) in [6.45, 7) is 1.06. The fourth-order valence-corrected chi connectivity index (χ4v) is 2.68. The van der Waals surface area contributed by atoms with Gasteiger partial charge in [0.2, 0.25) is 0 Å². The maximum atomic E-state index is 10.3. The minimum Gasteiger partial charge on any atom is -0.388 e. The molecule has 4 heteroatoms. The molecule has 0 amide bonds. The number of rotatable bonds is 3. The molecule has 0 saturated heterocycles. The van der Waals surface area contributed by atoms with Crippen LogP contribution >= 0.6 is 0 Å². The highest BCUT2D eigenvalue weighted by Crippen LogP contribution is 2.30. The summed E-state index contributed by atoms with van der Waals surface area (Å²) >= 11 is 0. The van der Waals surface area contributed by atoms with Crippen LogP contribution < -0.4 is 4.90 Å². The molecule has 1 aliphatic rings. The van der Waals surface area contributed by atoms with Crippen LogP contribution in [0, 0.1) is 0 Å². The van der Waals surface area contributed by atoms with E-state index in [-0.39, 0.29) is 0 Å². The Bertz CT molecular complexity index is 591. The van der Waals surface area contributed by atoms with Crippen molar-refractivity contribution in [3.05, 3.63) is 47.5 Å². The number of imidazole rings is 1. The molecular weight excluding hydrogens is 238 g/mol. The summed E-state index contributed by atoms with van der Waals surface area (Å²) in [5.41, 5.74) is 3.60. The summed E-state index contributed by atoms with van der Waals surface area (Å²) in [5, 5.41) is 10.3. The van der Waals surface area contributed by atoms with Crippen LogP contribution in [0.2, 0.25) is 0 Å². The summed E-state index contributed by atoms with van der Waals surface area (Å²) < 4.78 is 1.95. The Labute approximate surface area is 113 Å². The Morgan fingerprint density at radius 2 is 2.21 bits per heavy atom. The molecule has 1 aromatic carbocycles. The topological polar surface area (TPSA) is 41.3 Å². The van der Waals surface area contributed by atoms with Gasteiger partial charge in [0.05, 0.1) is 6.10 Å². The number of aromatic nitrogens is 2. The number of likely N-dealkylation sites (N-methyl/N-ethyl adjacent to an activating group) is 1. The SMILES string of the molecule is CN1CCc2cc(C(O)Cc3nccn3C)ccc21. The molecule has 1 aromatic heterocycles. The minimum absolute atomic E-state index is 0.489. The van der Waals surface area contributed by atoms with E-state index in [2.05, 4.69) is 29.1 Å². The van der Waals surface area contributed by atoms with Crippen molar-refractivity contribution in [1.82, 2.24) is 9.55 Å². The Hall–Kier alpha value is -1.81. The van der Waals surface area contributed by atoms with Crippen molar-refractivity contribution in [2.24, 2.45) is 7.05 Å². The summed E-state index contributed by atoms with van der Waals surface area (Å²) in [6.07, 6.45) is 4.80. The van der Waals surface area contributed by atoms with Crippen LogP contribution in [-0.2, 0) is 19.9 Å². The second-order valence-electron chi connectivity index (χ2n) is 5.23. The van der Waals surface area contributed by atoms with Crippen molar-refractivity contribution in [2.45, 2.75) is 18.9 Å². The number of aliphatic hydroxyl groups is 1. The quantitative estimate of drug-likeness (QED) is 0.909. The first kappa shape index (κ1) is 12.2. The van der Waals surface area contributed by atoms with E-state index in [1.54, 1.807) is 6.20 Å². The third kappa shape index (κ3) is 2.24. The van der Waals surface area contributed by atoms with Gasteiger partial charge in [-0.15, -0.1) is 0 Å². The molecule has 1 N–H and O–H groups in total. The number of nitrogens with zero attached hydrogens (tertiary/aromatic N) is 3. The lowest BCUT2D eigenvalue weighted by Gasteiger charge is -2.15. The highest BCUT2D eigenvalue weighted by molar-refractivity contribution is 5.58. The Morgan fingerprint density at radius 1 is 1.37 bits per heavy atom. The lowest BCUT2D eigenvalue weighted by atomic mass is 10.0. The molecule has 1 aliphatic heterocycles. The molecule has 4 nitrogen and oxygen atoms in total. The van der Waals surface area contributed by atoms with Gasteiger partial charge in [-0.1, -0.05) is 12.1 Å². The van der Waals surface area contributed by atoms with Crippen molar-refractivity contribution < 1.29 is 5.11 Å². The maximum Gasteiger partial charge on any atom is 0.111 e. The molecule has 0 spiro atoms. The van der Waals surface area contributed by atoms with Gasteiger partial charge < -0.3 is 14.6 Å². The summed E-state index contributed by atoms with van der Waals surface area (Å²) in [7, 11) is 4.06. The molecular formula is C15H19N3O. The third-order valence-electron chi connectivity index (χ3n) is 3.91. The van der Waals surface area contributed by atoms with E-state index < -0.39 is 6.10 Å². The Morgan fingerprint density at radius 3 is 2.95 bits per heavy atom. The standard InChI is InChI=1S/C15H19N3O/c1-17-7-5-11-9-12(3-4-13(11)17)14(19)10-15-16-6-8-18(15)2/h3-4,6,8-9,14,19H,5,7,10H2,1-2H3. The van der Waals surface area contributed by atoms with Crippen LogP contribution in [0.15, 0.2) is 30.6 Å². The molecule has 100 valence electrons. The van der Waals surface area contributed by atoms with Crippen LogP contribution in [-0.4, -0.2) is 28.3 Å². The summed E-state index contributed by atoms with van der Waals surface area (Å²) in [6, 6.07) is 6.26. The molecule has 19 heavy (non-hydrogen) atoms. The Kier molecular flexibility index (Phi) is 3.03. The molecule has 0 saturated carbocycles. The number of benzene rings is 1. The first-order valence-corrected chi connectivity index (χ1v) is 6.63. The van der Waals surface area contributed by atoms with E-state index in [1.165, 1.54) is 11.3 Å². The molecule has 0 radical (unpaired) electrons. The first-order valence-electron chi connectivity index (χ1n) is 6.63. The molecule has 0 aliphatic carbocycles. The number of anilines is 1. The smallest absolute Gasteiger partial charge is 0.111 e. The number of hydrogen-bond acceptors (Lipinski definition) is 3. The molecule has 3 rings (SSSR count). The van der Waals surface area contributed by atoms with Crippen molar-refractivity contribution in [3.63, 3.8) is 0 Å². The van der Waals surface area contributed by atoms with Gasteiger partial charge >= 0.3 is 0 Å². The molecule has 2 aromatic rings. The van der Waals surface area contributed by atoms with Crippen LogP contribution in [0.3, 0.4) is 0 Å². The molecule has 1 unspecified atom stereocenters. The van der Waals surface area contributed by atoms with Crippen molar-refractivity contribution in [2.75, 3.05) is 18.5 Å². The average molecular weight is 257 g/mol. The van der Waals surface area contributed by atoms with Crippen LogP contribution in [0.4, 0.5) is 5.69 Å². The van der Waals surface area contributed by atoms with Gasteiger partial charge in [-0.05, 0) is 23.6 Å². The van der Waals surface area contributed by atoms with Gasteiger partial charge in [-0.3, -0.25) is 0 Å². The molecule has 1 atom stereocenters. The van der Waals surface area contributed by atoms with E-state index >= 15 is 0 Å². The summed E-state index contributed by atoms with van der Waals surface area (Å²) in [5.74, 6) is 0.908.